The number of rotatable bonds is 5. The average molecular weight is 527 g/mol. The van der Waals surface area contributed by atoms with Crippen molar-refractivity contribution in [1.29, 1.82) is 0 Å². The van der Waals surface area contributed by atoms with E-state index in [-0.39, 0.29) is 5.69 Å². The number of nitrogens with one attached hydrogen (secondary N) is 1. The Bertz CT molecular complexity index is 1350. The summed E-state index contributed by atoms with van der Waals surface area (Å²) in [6.45, 7) is 9.52. The minimum absolute atomic E-state index is 0.0813. The number of alkyl halides is 3. The lowest BCUT2D eigenvalue weighted by Crippen LogP contribution is -2.56. The van der Waals surface area contributed by atoms with Gasteiger partial charge in [-0.25, -0.2) is 9.97 Å². The number of hydrogen-bond acceptors (Lipinski definition) is 7. The molecule has 1 unspecified atom stereocenters. The molecule has 1 aliphatic carbocycles. The van der Waals surface area contributed by atoms with E-state index in [2.05, 4.69) is 37.2 Å². The maximum absolute atomic E-state index is 13.4. The van der Waals surface area contributed by atoms with Gasteiger partial charge in [0.05, 0.1) is 36.4 Å². The molecule has 0 saturated carbocycles. The van der Waals surface area contributed by atoms with E-state index in [1.54, 1.807) is 6.07 Å². The van der Waals surface area contributed by atoms with Crippen molar-refractivity contribution in [2.75, 3.05) is 50.4 Å². The fraction of sp³-hybridized carbons (Fsp3) is 0.500. The van der Waals surface area contributed by atoms with Crippen molar-refractivity contribution in [2.24, 2.45) is 0 Å². The van der Waals surface area contributed by atoms with E-state index in [1.807, 2.05) is 13.8 Å². The molecule has 6 rings (SSSR count). The highest BCUT2D eigenvalue weighted by Gasteiger charge is 2.35. The molecule has 3 aromatic rings. The summed E-state index contributed by atoms with van der Waals surface area (Å²) in [5.74, 6) is 1.24. The molecule has 2 fully saturated rings. The fourth-order valence-corrected chi connectivity index (χ4v) is 6.04. The summed E-state index contributed by atoms with van der Waals surface area (Å²) >= 11 is 0. The summed E-state index contributed by atoms with van der Waals surface area (Å²) in [4.78, 5) is 14.5. The molecule has 0 spiro atoms. The van der Waals surface area contributed by atoms with Gasteiger partial charge in [0.2, 0.25) is 0 Å². The lowest BCUT2D eigenvalue weighted by atomic mass is 10.0. The molecule has 2 aliphatic heterocycles. The Morgan fingerprint density at radius 3 is 2.45 bits per heavy atom. The van der Waals surface area contributed by atoms with Crippen molar-refractivity contribution in [3.05, 3.63) is 58.4 Å². The molecule has 10 heteroatoms. The number of nitrogens with zero attached hydrogens (tertiary/aromatic N) is 4. The normalized spacial score (nSPS) is 21.9. The van der Waals surface area contributed by atoms with Gasteiger partial charge >= 0.3 is 6.18 Å². The molecular weight excluding hydrogens is 493 g/mol. The van der Waals surface area contributed by atoms with Crippen LogP contribution in [-0.2, 0) is 17.3 Å². The van der Waals surface area contributed by atoms with Crippen LogP contribution in [0.4, 0.5) is 24.7 Å². The zero-order chi connectivity index (χ0) is 26.6. The van der Waals surface area contributed by atoms with Gasteiger partial charge in [-0.05, 0) is 73.7 Å². The number of ether oxygens (including phenoxy) is 1. The Kier molecular flexibility index (Phi) is 6.44. The number of aryl methyl sites for hydroxylation is 2. The minimum atomic E-state index is -4.46. The van der Waals surface area contributed by atoms with Crippen LogP contribution in [0, 0.1) is 6.92 Å². The first-order valence-electron chi connectivity index (χ1n) is 13.3. The number of anilines is 2. The number of nitrogen functional groups attached to an aromatic ring is 1. The summed E-state index contributed by atoms with van der Waals surface area (Å²) in [6.07, 6.45) is -2.37. The Labute approximate surface area is 220 Å². The van der Waals surface area contributed by atoms with E-state index in [4.69, 9.17) is 10.5 Å². The van der Waals surface area contributed by atoms with Crippen LogP contribution in [0.3, 0.4) is 0 Å². The van der Waals surface area contributed by atoms with Gasteiger partial charge in [0.15, 0.2) is 0 Å². The first kappa shape index (κ1) is 25.3. The van der Waals surface area contributed by atoms with Crippen LogP contribution in [0.1, 0.15) is 53.5 Å². The van der Waals surface area contributed by atoms with E-state index >= 15 is 0 Å². The second-order valence-corrected chi connectivity index (χ2v) is 10.8. The lowest BCUT2D eigenvalue weighted by Gasteiger charge is -2.44. The molecule has 2 aromatic carbocycles. The summed E-state index contributed by atoms with van der Waals surface area (Å²) < 4.78 is 45.5. The van der Waals surface area contributed by atoms with Crippen molar-refractivity contribution in [3.63, 3.8) is 0 Å². The molecule has 3 heterocycles. The van der Waals surface area contributed by atoms with Gasteiger partial charge in [0, 0.05) is 43.3 Å². The zero-order valence-electron chi connectivity index (χ0n) is 21.7. The molecule has 0 bridgehead atoms. The number of aromatic nitrogens is 2. The van der Waals surface area contributed by atoms with Crippen molar-refractivity contribution >= 4 is 22.4 Å². The van der Waals surface area contributed by atoms with Crippen molar-refractivity contribution in [3.8, 4) is 0 Å². The van der Waals surface area contributed by atoms with Gasteiger partial charge in [-0.3, -0.25) is 9.80 Å². The second-order valence-electron chi connectivity index (χ2n) is 10.8. The monoisotopic (exact) mass is 526 g/mol. The van der Waals surface area contributed by atoms with E-state index in [1.165, 1.54) is 11.1 Å². The maximum atomic E-state index is 13.4. The lowest BCUT2D eigenvalue weighted by molar-refractivity contribution is -0.137. The van der Waals surface area contributed by atoms with Crippen LogP contribution in [0.15, 0.2) is 30.3 Å². The topological polar surface area (TPSA) is 79.5 Å². The van der Waals surface area contributed by atoms with Gasteiger partial charge in [0.25, 0.3) is 0 Å². The molecule has 3 aliphatic rings. The smallest absolute Gasteiger partial charge is 0.399 e. The summed E-state index contributed by atoms with van der Waals surface area (Å²) in [6, 6.07) is 8.53. The third-order valence-electron chi connectivity index (χ3n) is 8.20. The van der Waals surface area contributed by atoms with Gasteiger partial charge in [-0.15, -0.1) is 0 Å². The fourth-order valence-electron chi connectivity index (χ4n) is 6.04. The molecule has 38 heavy (non-hydrogen) atoms. The van der Waals surface area contributed by atoms with Crippen molar-refractivity contribution in [2.45, 2.75) is 51.0 Å². The Hall–Kier alpha value is -2.95. The predicted octanol–water partition coefficient (Wildman–Crippen LogP) is 4.72. The van der Waals surface area contributed by atoms with Crippen molar-refractivity contribution in [1.82, 2.24) is 19.8 Å². The Balaban J connectivity index is 1.28. The van der Waals surface area contributed by atoms with Crippen LogP contribution in [-0.4, -0.2) is 65.2 Å². The Morgan fingerprint density at radius 2 is 1.76 bits per heavy atom. The highest BCUT2D eigenvalue weighted by Crippen LogP contribution is 2.40. The summed E-state index contributed by atoms with van der Waals surface area (Å²) in [7, 11) is 0. The molecule has 0 amide bonds. The summed E-state index contributed by atoms with van der Waals surface area (Å²) in [5.41, 5.74) is 9.08. The average Bonchev–Trinajstić information content (AvgIpc) is 3.24. The third kappa shape index (κ3) is 4.81. The molecule has 7 nitrogen and oxygen atoms in total. The van der Waals surface area contributed by atoms with Gasteiger partial charge in [0.1, 0.15) is 11.6 Å². The van der Waals surface area contributed by atoms with Gasteiger partial charge in [-0.1, -0.05) is 0 Å². The molecular formula is C28H33F3N6O. The van der Waals surface area contributed by atoms with E-state index in [0.29, 0.717) is 29.3 Å². The third-order valence-corrected chi connectivity index (χ3v) is 8.20. The largest absolute Gasteiger partial charge is 0.416 e. The highest BCUT2D eigenvalue weighted by atomic mass is 19.4. The number of nitrogens with two attached hydrogens (primary N) is 1. The minimum Gasteiger partial charge on any atom is -0.399 e. The van der Waals surface area contributed by atoms with E-state index < -0.39 is 17.8 Å². The first-order chi connectivity index (χ1) is 18.2. The molecule has 2 saturated heterocycles. The van der Waals surface area contributed by atoms with Crippen LogP contribution >= 0.6 is 0 Å². The molecule has 202 valence electrons. The quantitative estimate of drug-likeness (QED) is 0.466. The second kappa shape index (κ2) is 9.66. The molecule has 2 atom stereocenters. The Morgan fingerprint density at radius 1 is 1.03 bits per heavy atom. The number of halogens is 3. The zero-order valence-corrected chi connectivity index (χ0v) is 21.7. The number of fused-ring (bicyclic) bond motifs is 2. The predicted molar refractivity (Wildman–Crippen MR) is 141 cm³/mol. The van der Waals surface area contributed by atoms with Crippen LogP contribution < -0.4 is 11.1 Å². The van der Waals surface area contributed by atoms with E-state index in [9.17, 15) is 13.2 Å². The first-order valence-corrected chi connectivity index (χ1v) is 13.3. The number of benzene rings is 2. The summed E-state index contributed by atoms with van der Waals surface area (Å²) in [5, 5.41) is 4.25. The van der Waals surface area contributed by atoms with Crippen LogP contribution in [0.2, 0.25) is 0 Å². The molecule has 0 radical (unpaired) electrons. The van der Waals surface area contributed by atoms with Crippen LogP contribution in [0.25, 0.3) is 10.9 Å². The van der Waals surface area contributed by atoms with Gasteiger partial charge < -0.3 is 15.8 Å². The maximum Gasteiger partial charge on any atom is 0.416 e. The molecule has 3 N–H and O–H groups in total. The van der Waals surface area contributed by atoms with Crippen LogP contribution in [0.5, 0.6) is 0 Å². The number of piperazine rings is 1. The highest BCUT2D eigenvalue weighted by molar-refractivity contribution is 5.91. The van der Waals surface area contributed by atoms with Crippen molar-refractivity contribution < 1.29 is 17.9 Å². The SMILES string of the molecule is Cc1nc(N[C@H](C)c2cc(N)cc(C(F)(F)F)c2)c2cc3c(cc2n1)CCC3N1CCN(C2COC2)CC1. The number of hydrogen-bond donors (Lipinski definition) is 2. The van der Waals surface area contributed by atoms with Gasteiger partial charge in [-0.2, -0.15) is 13.2 Å². The standard InChI is InChI=1S/C28H33F3N6O/c1-16(19-9-20(28(29,30)31)12-21(32)10-19)33-27-24-13-23-18(11-25(24)34-17(2)35-27)3-4-26(23)37-7-5-36(6-8-37)22-14-38-15-22/h9-13,16,22,26H,3-8,14-15,32H2,1-2H3,(H,33,34,35)/t16-,26?/m1/s1. The van der Waals surface area contributed by atoms with E-state index in [0.717, 1.165) is 75.3 Å². The molecule has 1 aromatic heterocycles.